The zero-order chi connectivity index (χ0) is 18.2. The van der Waals surface area contributed by atoms with Crippen molar-refractivity contribution in [1.29, 1.82) is 0 Å². The van der Waals surface area contributed by atoms with Crippen LogP contribution in [0, 0.1) is 13.8 Å². The van der Waals surface area contributed by atoms with Gasteiger partial charge in [0, 0.05) is 19.6 Å². The molecule has 1 aromatic rings. The number of likely N-dealkylation sites (N-methyl/N-ethyl adjacent to an activating group) is 1. The first kappa shape index (κ1) is 21.2. The number of sulfone groups is 1. The van der Waals surface area contributed by atoms with Crippen LogP contribution in [0.15, 0.2) is 23.1 Å². The smallest absolute Gasteiger partial charge is 0.244 e. The fraction of sp³-hybridized carbons (Fsp3) is 0.632. The Morgan fingerprint density at radius 1 is 1.23 bits per heavy atom. The Hall–Kier alpha value is -1.11. The average Bonchev–Trinajstić information content (AvgIpc) is 3.27. The number of rotatable bonds is 4. The molecule has 5 nitrogen and oxygen atoms in total. The van der Waals surface area contributed by atoms with Gasteiger partial charge >= 0.3 is 0 Å². The molecule has 2 aliphatic rings. The van der Waals surface area contributed by atoms with E-state index < -0.39 is 14.6 Å². The van der Waals surface area contributed by atoms with Gasteiger partial charge in [-0.05, 0) is 56.8 Å². The van der Waals surface area contributed by atoms with Crippen LogP contribution in [0.25, 0.3) is 0 Å². The lowest BCUT2D eigenvalue weighted by atomic mass is 10.0. The molecule has 1 N–H and O–H groups in total. The predicted octanol–water partition coefficient (Wildman–Crippen LogP) is 2.63. The second-order valence-corrected chi connectivity index (χ2v) is 9.76. The number of hydrogen-bond acceptors (Lipinski definition) is 4. The van der Waals surface area contributed by atoms with Crippen LogP contribution in [0.5, 0.6) is 0 Å². The van der Waals surface area contributed by atoms with Crippen molar-refractivity contribution in [1.82, 2.24) is 10.2 Å². The van der Waals surface area contributed by atoms with Gasteiger partial charge in [0.25, 0.3) is 0 Å². The summed E-state index contributed by atoms with van der Waals surface area (Å²) in [5, 5.41) is 3.25. The van der Waals surface area contributed by atoms with Gasteiger partial charge in [-0.15, -0.1) is 12.4 Å². The van der Waals surface area contributed by atoms with E-state index in [0.717, 1.165) is 43.5 Å². The summed E-state index contributed by atoms with van der Waals surface area (Å²) in [6.45, 7) is 5.31. The highest BCUT2D eigenvalue weighted by atomic mass is 35.5. The lowest BCUT2D eigenvalue weighted by molar-refractivity contribution is -0.134. The van der Waals surface area contributed by atoms with Gasteiger partial charge in [0.15, 0.2) is 14.6 Å². The van der Waals surface area contributed by atoms with E-state index >= 15 is 0 Å². The van der Waals surface area contributed by atoms with Gasteiger partial charge in [-0.3, -0.25) is 4.79 Å². The minimum absolute atomic E-state index is 0. The van der Waals surface area contributed by atoms with Crippen LogP contribution in [0.1, 0.15) is 43.2 Å². The number of hydrogen-bond donors (Lipinski definition) is 1. The molecule has 7 heteroatoms. The van der Waals surface area contributed by atoms with E-state index in [1.807, 2.05) is 26.0 Å². The Labute approximate surface area is 162 Å². The summed E-state index contributed by atoms with van der Waals surface area (Å²) in [6.07, 6.45) is 3.29. The SMILES string of the molecule is Cc1ccc(C)c(S(=O)(=O)C2(C(=O)N(C)C3CCNC3)CCCC2)c1.Cl. The van der Waals surface area contributed by atoms with Crippen LogP contribution in [-0.2, 0) is 14.6 Å². The highest BCUT2D eigenvalue weighted by molar-refractivity contribution is 7.93. The normalized spacial score (nSPS) is 22.0. The van der Waals surface area contributed by atoms with Crippen molar-refractivity contribution in [3.63, 3.8) is 0 Å². The largest absolute Gasteiger partial charge is 0.340 e. The van der Waals surface area contributed by atoms with Gasteiger partial charge in [-0.1, -0.05) is 25.0 Å². The van der Waals surface area contributed by atoms with Crippen molar-refractivity contribution in [2.75, 3.05) is 20.1 Å². The number of nitrogens with zero attached hydrogens (tertiary/aromatic N) is 1. The standard InChI is InChI=1S/C19H28N2O3S.ClH/c1-14-6-7-15(2)17(12-14)25(23,24)19(9-4-5-10-19)18(22)21(3)16-8-11-20-13-16;/h6-7,12,16,20H,4-5,8-11,13H2,1-3H3;1H. The third-order valence-electron chi connectivity index (χ3n) is 5.85. The van der Waals surface area contributed by atoms with E-state index in [1.165, 1.54) is 0 Å². The lowest BCUT2D eigenvalue weighted by Gasteiger charge is -2.35. The van der Waals surface area contributed by atoms with Crippen LogP contribution < -0.4 is 5.32 Å². The van der Waals surface area contributed by atoms with Gasteiger partial charge in [-0.25, -0.2) is 8.42 Å². The molecule has 3 rings (SSSR count). The van der Waals surface area contributed by atoms with Crippen molar-refractivity contribution in [3.8, 4) is 0 Å². The van der Waals surface area contributed by atoms with Gasteiger partial charge in [0.1, 0.15) is 0 Å². The number of carbonyl (C=O) groups excluding carboxylic acids is 1. The number of benzene rings is 1. The van der Waals surface area contributed by atoms with Crippen molar-refractivity contribution in [3.05, 3.63) is 29.3 Å². The van der Waals surface area contributed by atoms with E-state index in [-0.39, 0.29) is 24.4 Å². The maximum atomic E-state index is 13.6. The summed E-state index contributed by atoms with van der Waals surface area (Å²) in [7, 11) is -1.98. The molecule has 0 aromatic heterocycles. The molecule has 1 aliphatic heterocycles. The van der Waals surface area contributed by atoms with E-state index in [9.17, 15) is 13.2 Å². The monoisotopic (exact) mass is 400 g/mol. The second kappa shape index (κ2) is 7.87. The van der Waals surface area contributed by atoms with Crippen LogP contribution in [-0.4, -0.2) is 50.2 Å². The Bertz CT molecular complexity index is 767. The first-order chi connectivity index (χ1) is 11.8. The topological polar surface area (TPSA) is 66.5 Å². The van der Waals surface area contributed by atoms with Crippen LogP contribution >= 0.6 is 12.4 Å². The van der Waals surface area contributed by atoms with Crippen molar-refractivity contribution in [2.24, 2.45) is 0 Å². The fourth-order valence-electron chi connectivity index (χ4n) is 4.21. The summed E-state index contributed by atoms with van der Waals surface area (Å²) >= 11 is 0. The molecule has 146 valence electrons. The van der Waals surface area contributed by atoms with E-state index in [2.05, 4.69) is 5.32 Å². The molecule has 1 atom stereocenters. The van der Waals surface area contributed by atoms with Gasteiger partial charge in [0.2, 0.25) is 5.91 Å². The summed E-state index contributed by atoms with van der Waals surface area (Å²) in [5.74, 6) is -0.223. The maximum absolute atomic E-state index is 13.6. The Morgan fingerprint density at radius 2 is 1.88 bits per heavy atom. The Morgan fingerprint density at radius 3 is 2.46 bits per heavy atom. The van der Waals surface area contributed by atoms with Crippen LogP contribution in [0.3, 0.4) is 0 Å². The van der Waals surface area contributed by atoms with Gasteiger partial charge < -0.3 is 10.2 Å². The van der Waals surface area contributed by atoms with Crippen LogP contribution in [0.4, 0.5) is 0 Å². The molecule has 1 heterocycles. The predicted molar refractivity (Wildman–Crippen MR) is 106 cm³/mol. The number of aryl methyl sites for hydroxylation is 2. The maximum Gasteiger partial charge on any atom is 0.244 e. The second-order valence-electron chi connectivity index (χ2n) is 7.54. The zero-order valence-electron chi connectivity index (χ0n) is 15.7. The van der Waals surface area contributed by atoms with E-state index in [1.54, 1.807) is 18.0 Å². The molecular weight excluding hydrogens is 372 g/mol. The molecule has 1 amide bonds. The minimum Gasteiger partial charge on any atom is -0.340 e. The third-order valence-corrected chi connectivity index (χ3v) is 8.48. The molecule has 1 unspecified atom stereocenters. The molecule has 0 spiro atoms. The molecule has 0 bridgehead atoms. The summed E-state index contributed by atoms with van der Waals surface area (Å²) < 4.78 is 26.0. The lowest BCUT2D eigenvalue weighted by Crippen LogP contribution is -2.54. The van der Waals surface area contributed by atoms with Crippen molar-refractivity contribution < 1.29 is 13.2 Å². The molecule has 2 fully saturated rings. The summed E-state index contributed by atoms with van der Waals surface area (Å²) in [4.78, 5) is 15.4. The third kappa shape index (κ3) is 3.39. The Kier molecular flexibility index (Phi) is 6.41. The van der Waals surface area contributed by atoms with Crippen LogP contribution in [0.2, 0.25) is 0 Å². The fourth-order valence-corrected chi connectivity index (χ4v) is 6.66. The van der Waals surface area contributed by atoms with Gasteiger partial charge in [0.05, 0.1) is 4.90 Å². The van der Waals surface area contributed by atoms with Crippen molar-refractivity contribution in [2.45, 2.75) is 61.6 Å². The zero-order valence-corrected chi connectivity index (χ0v) is 17.4. The Balaban J connectivity index is 0.00000243. The first-order valence-electron chi connectivity index (χ1n) is 9.09. The number of carbonyl (C=O) groups is 1. The van der Waals surface area contributed by atoms with E-state index in [0.29, 0.717) is 17.7 Å². The van der Waals surface area contributed by atoms with Crippen molar-refractivity contribution >= 4 is 28.2 Å². The molecule has 1 aliphatic carbocycles. The quantitative estimate of drug-likeness (QED) is 0.843. The van der Waals surface area contributed by atoms with E-state index in [4.69, 9.17) is 0 Å². The average molecular weight is 401 g/mol. The molecule has 1 saturated carbocycles. The number of nitrogens with one attached hydrogen (secondary N) is 1. The first-order valence-corrected chi connectivity index (χ1v) is 10.6. The minimum atomic E-state index is -3.74. The highest BCUT2D eigenvalue weighted by Crippen LogP contribution is 2.43. The molecule has 26 heavy (non-hydrogen) atoms. The number of halogens is 1. The highest BCUT2D eigenvalue weighted by Gasteiger charge is 2.55. The molecule has 0 radical (unpaired) electrons. The van der Waals surface area contributed by atoms with Gasteiger partial charge in [-0.2, -0.15) is 0 Å². The molecule has 1 aromatic carbocycles. The number of amides is 1. The molecule has 1 saturated heterocycles. The summed E-state index contributed by atoms with van der Waals surface area (Å²) in [5.41, 5.74) is 1.62. The molecular formula is C19H29ClN2O3S. The summed E-state index contributed by atoms with van der Waals surface area (Å²) in [6, 6.07) is 5.54.